The topological polar surface area (TPSA) is 55.6 Å². The van der Waals surface area contributed by atoms with E-state index in [1.54, 1.807) is 11.0 Å². The zero-order chi connectivity index (χ0) is 14.7. The summed E-state index contributed by atoms with van der Waals surface area (Å²) in [4.78, 5) is 14.3. The first kappa shape index (κ1) is 14.8. The van der Waals surface area contributed by atoms with Gasteiger partial charge in [-0.05, 0) is 37.0 Å². The van der Waals surface area contributed by atoms with Crippen molar-refractivity contribution in [3.8, 4) is 5.75 Å². The maximum Gasteiger partial charge on any atom is 0.254 e. The molecule has 0 aromatic heterocycles. The van der Waals surface area contributed by atoms with E-state index in [1.807, 2.05) is 0 Å². The third-order valence-corrected chi connectivity index (χ3v) is 4.02. The van der Waals surface area contributed by atoms with E-state index in [9.17, 15) is 9.18 Å². The van der Waals surface area contributed by atoms with Crippen molar-refractivity contribution in [1.29, 1.82) is 0 Å². The molecule has 1 amide bonds. The van der Waals surface area contributed by atoms with Gasteiger partial charge in [-0.25, -0.2) is 4.39 Å². The number of likely N-dealkylation sites (tertiary alicyclic amines) is 1. The van der Waals surface area contributed by atoms with Crippen molar-refractivity contribution in [3.63, 3.8) is 0 Å². The van der Waals surface area contributed by atoms with E-state index in [0.29, 0.717) is 24.6 Å². The van der Waals surface area contributed by atoms with Gasteiger partial charge in [-0.3, -0.25) is 4.79 Å². The number of nitrogens with zero attached hydrogens (tertiary/aromatic N) is 1. The zero-order valence-corrected chi connectivity index (χ0v) is 11.9. The standard InChI is InChI=1S/C15H21FN2O2/c1-10-4-3-7-18(13(10)9-17)15(19)11-5-6-14(20-2)12(16)8-11/h5-6,8,10,13H,3-4,7,9,17H2,1-2H3. The van der Waals surface area contributed by atoms with Crippen molar-refractivity contribution in [1.82, 2.24) is 4.90 Å². The van der Waals surface area contributed by atoms with Gasteiger partial charge in [0.15, 0.2) is 11.6 Å². The molecule has 110 valence electrons. The van der Waals surface area contributed by atoms with Crippen molar-refractivity contribution >= 4 is 5.91 Å². The number of halogens is 1. The quantitative estimate of drug-likeness (QED) is 0.921. The number of methoxy groups -OCH3 is 1. The molecule has 0 aliphatic carbocycles. The number of amides is 1. The van der Waals surface area contributed by atoms with Crippen molar-refractivity contribution < 1.29 is 13.9 Å². The largest absolute Gasteiger partial charge is 0.494 e. The maximum absolute atomic E-state index is 13.7. The molecule has 2 unspecified atom stereocenters. The van der Waals surface area contributed by atoms with Crippen LogP contribution in [0.2, 0.25) is 0 Å². The summed E-state index contributed by atoms with van der Waals surface area (Å²) in [5.74, 6) is -0.161. The first-order chi connectivity index (χ1) is 9.58. The van der Waals surface area contributed by atoms with Crippen LogP contribution in [-0.4, -0.2) is 37.0 Å². The molecule has 0 saturated carbocycles. The average Bonchev–Trinajstić information content (AvgIpc) is 2.46. The van der Waals surface area contributed by atoms with Crippen molar-refractivity contribution in [2.75, 3.05) is 20.2 Å². The summed E-state index contributed by atoms with van der Waals surface area (Å²) in [5.41, 5.74) is 6.13. The average molecular weight is 280 g/mol. The second kappa shape index (κ2) is 6.22. The van der Waals surface area contributed by atoms with Gasteiger partial charge in [-0.15, -0.1) is 0 Å². The molecular formula is C15H21FN2O2. The highest BCUT2D eigenvalue weighted by Crippen LogP contribution is 2.25. The molecule has 1 aromatic carbocycles. The first-order valence-corrected chi connectivity index (χ1v) is 6.93. The molecule has 4 nitrogen and oxygen atoms in total. The minimum absolute atomic E-state index is 0.0291. The van der Waals surface area contributed by atoms with E-state index >= 15 is 0 Å². The van der Waals surface area contributed by atoms with E-state index in [4.69, 9.17) is 10.5 Å². The predicted molar refractivity (Wildman–Crippen MR) is 75.2 cm³/mol. The fourth-order valence-corrected chi connectivity index (χ4v) is 2.83. The molecule has 2 rings (SSSR count). The smallest absolute Gasteiger partial charge is 0.254 e. The molecule has 0 radical (unpaired) electrons. The number of carbonyl (C=O) groups excluding carboxylic acids is 1. The van der Waals surface area contributed by atoms with E-state index < -0.39 is 5.82 Å². The molecule has 0 bridgehead atoms. The summed E-state index contributed by atoms with van der Waals surface area (Å²) in [5, 5.41) is 0. The number of nitrogens with two attached hydrogens (primary N) is 1. The van der Waals surface area contributed by atoms with Gasteiger partial charge in [0.05, 0.1) is 7.11 Å². The number of ether oxygens (including phenoxy) is 1. The molecule has 1 aliphatic rings. The van der Waals surface area contributed by atoms with E-state index in [0.717, 1.165) is 12.8 Å². The van der Waals surface area contributed by atoms with Gasteiger partial charge < -0.3 is 15.4 Å². The lowest BCUT2D eigenvalue weighted by atomic mass is 9.90. The Labute approximate surface area is 118 Å². The van der Waals surface area contributed by atoms with Gasteiger partial charge in [0, 0.05) is 24.7 Å². The molecule has 1 aromatic rings. The van der Waals surface area contributed by atoms with Gasteiger partial charge >= 0.3 is 0 Å². The van der Waals surface area contributed by atoms with Crippen LogP contribution in [0.15, 0.2) is 18.2 Å². The van der Waals surface area contributed by atoms with Crippen LogP contribution in [0.4, 0.5) is 4.39 Å². The van der Waals surface area contributed by atoms with Crippen LogP contribution < -0.4 is 10.5 Å². The van der Waals surface area contributed by atoms with E-state index in [-0.39, 0.29) is 17.7 Å². The molecule has 1 saturated heterocycles. The lowest BCUT2D eigenvalue weighted by Crippen LogP contribution is -2.51. The number of benzene rings is 1. The molecule has 5 heteroatoms. The first-order valence-electron chi connectivity index (χ1n) is 6.93. The molecule has 0 spiro atoms. The van der Waals surface area contributed by atoms with Crippen molar-refractivity contribution in [2.45, 2.75) is 25.8 Å². The number of hydrogen-bond donors (Lipinski definition) is 1. The second-order valence-corrected chi connectivity index (χ2v) is 5.27. The Balaban J connectivity index is 2.23. The van der Waals surface area contributed by atoms with Crippen LogP contribution in [0.25, 0.3) is 0 Å². The molecule has 20 heavy (non-hydrogen) atoms. The van der Waals surface area contributed by atoms with Crippen LogP contribution in [0.3, 0.4) is 0 Å². The fraction of sp³-hybridized carbons (Fsp3) is 0.533. The maximum atomic E-state index is 13.7. The van der Waals surface area contributed by atoms with Gasteiger partial charge in [-0.2, -0.15) is 0 Å². The van der Waals surface area contributed by atoms with E-state index in [1.165, 1.54) is 19.2 Å². The molecule has 1 heterocycles. The lowest BCUT2D eigenvalue weighted by Gasteiger charge is -2.39. The van der Waals surface area contributed by atoms with Gasteiger partial charge in [0.25, 0.3) is 5.91 Å². The fourth-order valence-electron chi connectivity index (χ4n) is 2.83. The molecule has 2 N–H and O–H groups in total. The Bertz CT molecular complexity index is 493. The molecule has 1 fully saturated rings. The highest BCUT2D eigenvalue weighted by Gasteiger charge is 2.31. The predicted octanol–water partition coefficient (Wildman–Crippen LogP) is 2.03. The Morgan fingerprint density at radius 1 is 1.55 bits per heavy atom. The second-order valence-electron chi connectivity index (χ2n) is 5.27. The van der Waals surface area contributed by atoms with Crippen LogP contribution in [0, 0.1) is 11.7 Å². The highest BCUT2D eigenvalue weighted by atomic mass is 19.1. The Morgan fingerprint density at radius 3 is 2.90 bits per heavy atom. The van der Waals surface area contributed by atoms with Crippen LogP contribution in [0.1, 0.15) is 30.1 Å². The summed E-state index contributed by atoms with van der Waals surface area (Å²) in [6.45, 7) is 3.22. The molecule has 2 atom stereocenters. The van der Waals surface area contributed by atoms with Crippen molar-refractivity contribution in [3.05, 3.63) is 29.6 Å². The Hall–Kier alpha value is -1.62. The number of piperidine rings is 1. The van der Waals surface area contributed by atoms with Crippen LogP contribution >= 0.6 is 0 Å². The minimum atomic E-state index is -0.521. The van der Waals surface area contributed by atoms with E-state index in [2.05, 4.69) is 6.92 Å². The number of carbonyl (C=O) groups is 1. The van der Waals surface area contributed by atoms with Crippen LogP contribution in [-0.2, 0) is 0 Å². The summed E-state index contributed by atoms with van der Waals surface area (Å²) >= 11 is 0. The third-order valence-electron chi connectivity index (χ3n) is 4.02. The van der Waals surface area contributed by atoms with Gasteiger partial charge in [0.2, 0.25) is 0 Å². The lowest BCUT2D eigenvalue weighted by molar-refractivity contribution is 0.0532. The van der Waals surface area contributed by atoms with Crippen LogP contribution in [0.5, 0.6) is 5.75 Å². The number of rotatable bonds is 3. The zero-order valence-electron chi connectivity index (χ0n) is 11.9. The SMILES string of the molecule is COc1ccc(C(=O)N2CCCC(C)C2CN)cc1F. The van der Waals surface area contributed by atoms with Crippen molar-refractivity contribution in [2.24, 2.45) is 11.7 Å². The normalized spacial score (nSPS) is 22.7. The molecule has 1 aliphatic heterocycles. The van der Waals surface area contributed by atoms with Gasteiger partial charge in [-0.1, -0.05) is 6.92 Å². The molecular weight excluding hydrogens is 259 g/mol. The summed E-state index contributed by atoms with van der Waals surface area (Å²) in [6, 6.07) is 4.33. The summed E-state index contributed by atoms with van der Waals surface area (Å²) in [7, 11) is 1.40. The highest BCUT2D eigenvalue weighted by molar-refractivity contribution is 5.94. The Morgan fingerprint density at radius 2 is 2.30 bits per heavy atom. The third kappa shape index (κ3) is 2.77. The summed E-state index contributed by atoms with van der Waals surface area (Å²) < 4.78 is 18.6. The monoisotopic (exact) mass is 280 g/mol. The Kier molecular flexibility index (Phi) is 4.60. The van der Waals surface area contributed by atoms with Gasteiger partial charge in [0.1, 0.15) is 0 Å². The minimum Gasteiger partial charge on any atom is -0.494 e. The summed E-state index contributed by atoms with van der Waals surface area (Å²) in [6.07, 6.45) is 2.03. The number of hydrogen-bond acceptors (Lipinski definition) is 3.